The molecular formula is C14H27N2O2. The fourth-order valence-electron chi connectivity index (χ4n) is 1.78. The van der Waals surface area contributed by atoms with Crippen molar-refractivity contribution < 1.29 is 9.59 Å². The number of rotatable bonds is 8. The molecule has 0 aliphatic rings. The highest BCUT2D eigenvalue weighted by Gasteiger charge is 2.14. The Kier molecular flexibility index (Phi) is 8.42. The van der Waals surface area contributed by atoms with Crippen molar-refractivity contribution in [2.75, 3.05) is 13.6 Å². The molecule has 0 saturated carbocycles. The Morgan fingerprint density at radius 1 is 1.22 bits per heavy atom. The van der Waals surface area contributed by atoms with Crippen molar-refractivity contribution in [3.05, 3.63) is 6.92 Å². The van der Waals surface area contributed by atoms with E-state index in [1.807, 2.05) is 6.92 Å². The molecule has 4 nitrogen and oxygen atoms in total. The van der Waals surface area contributed by atoms with Crippen LogP contribution in [0, 0.1) is 24.7 Å². The van der Waals surface area contributed by atoms with Crippen LogP contribution in [0.15, 0.2) is 0 Å². The van der Waals surface area contributed by atoms with Gasteiger partial charge in [-0.1, -0.05) is 20.8 Å². The van der Waals surface area contributed by atoms with Crippen molar-refractivity contribution in [3.63, 3.8) is 0 Å². The molecule has 0 aliphatic carbocycles. The molecule has 0 aromatic carbocycles. The molecule has 2 amide bonds. The van der Waals surface area contributed by atoms with Crippen LogP contribution in [0.3, 0.4) is 0 Å². The summed E-state index contributed by atoms with van der Waals surface area (Å²) in [4.78, 5) is 22.8. The predicted octanol–water partition coefficient (Wildman–Crippen LogP) is 1.76. The van der Waals surface area contributed by atoms with Crippen LogP contribution in [0.2, 0.25) is 0 Å². The number of nitrogens with one attached hydrogen (secondary N) is 2. The number of hydrogen-bond donors (Lipinski definition) is 2. The Bertz CT molecular complexity index is 265. The van der Waals surface area contributed by atoms with Gasteiger partial charge in [0.1, 0.15) is 0 Å². The van der Waals surface area contributed by atoms with Crippen LogP contribution in [-0.4, -0.2) is 25.4 Å². The quantitative estimate of drug-likeness (QED) is 0.694. The summed E-state index contributed by atoms with van der Waals surface area (Å²) in [6, 6.07) is 0. The molecule has 0 heterocycles. The maximum Gasteiger partial charge on any atom is 0.223 e. The fraction of sp³-hybridized carbons (Fsp3) is 0.786. The normalized spacial score (nSPS) is 14.1. The molecule has 0 rings (SSSR count). The van der Waals surface area contributed by atoms with Gasteiger partial charge in [-0.2, -0.15) is 0 Å². The second-order valence-corrected chi connectivity index (χ2v) is 5.39. The third kappa shape index (κ3) is 8.09. The highest BCUT2D eigenvalue weighted by Crippen LogP contribution is 2.11. The van der Waals surface area contributed by atoms with Gasteiger partial charge in [0.2, 0.25) is 11.8 Å². The largest absolute Gasteiger partial charge is 0.359 e. The molecule has 1 radical (unpaired) electrons. The Labute approximate surface area is 111 Å². The molecule has 2 N–H and O–H groups in total. The summed E-state index contributed by atoms with van der Waals surface area (Å²) < 4.78 is 0. The predicted molar refractivity (Wildman–Crippen MR) is 73.8 cm³/mol. The molecule has 0 aromatic heterocycles. The van der Waals surface area contributed by atoms with Gasteiger partial charge < -0.3 is 10.6 Å². The molecule has 0 saturated heterocycles. The summed E-state index contributed by atoms with van der Waals surface area (Å²) in [6.07, 6.45) is 2.12. The number of carbonyl (C=O) groups excluding carboxylic acids is 2. The maximum atomic E-state index is 11.7. The lowest BCUT2D eigenvalue weighted by Crippen LogP contribution is -2.32. The maximum absolute atomic E-state index is 11.7. The summed E-state index contributed by atoms with van der Waals surface area (Å²) >= 11 is 0. The standard InChI is InChI=1S/C14H27N2O2/c1-10(2)8-12(4)14(18)16-7-6-11(3)9-13(17)15-5/h10-12H,4,6-9H2,1-3,5H3,(H,15,17)(H,16,18)/t11-,12-/m0/s1. The Balaban J connectivity index is 3.76. The summed E-state index contributed by atoms with van der Waals surface area (Å²) in [5, 5.41) is 5.48. The topological polar surface area (TPSA) is 58.2 Å². The van der Waals surface area contributed by atoms with E-state index >= 15 is 0 Å². The molecule has 0 fully saturated rings. The third-order valence-corrected chi connectivity index (χ3v) is 2.88. The Morgan fingerprint density at radius 3 is 2.33 bits per heavy atom. The van der Waals surface area contributed by atoms with E-state index in [-0.39, 0.29) is 23.7 Å². The Hall–Kier alpha value is -1.06. The van der Waals surface area contributed by atoms with Crippen LogP contribution >= 0.6 is 0 Å². The van der Waals surface area contributed by atoms with Crippen molar-refractivity contribution in [1.29, 1.82) is 0 Å². The lowest BCUT2D eigenvalue weighted by atomic mass is 9.98. The minimum Gasteiger partial charge on any atom is -0.359 e. The minimum atomic E-state index is -0.181. The molecule has 0 bridgehead atoms. The summed E-state index contributed by atoms with van der Waals surface area (Å²) in [6.45, 7) is 10.6. The van der Waals surface area contributed by atoms with Crippen LogP contribution in [0.4, 0.5) is 0 Å². The number of carbonyl (C=O) groups is 2. The smallest absolute Gasteiger partial charge is 0.223 e. The van der Waals surface area contributed by atoms with Gasteiger partial charge in [0, 0.05) is 25.9 Å². The zero-order chi connectivity index (χ0) is 14.1. The second kappa shape index (κ2) is 8.95. The number of amides is 2. The van der Waals surface area contributed by atoms with Gasteiger partial charge in [0.05, 0.1) is 0 Å². The van der Waals surface area contributed by atoms with Crippen molar-refractivity contribution in [3.8, 4) is 0 Å². The third-order valence-electron chi connectivity index (χ3n) is 2.88. The average Bonchev–Trinajstić information content (AvgIpc) is 2.27. The first kappa shape index (κ1) is 16.9. The molecule has 0 unspecified atom stereocenters. The molecule has 4 heteroatoms. The zero-order valence-corrected chi connectivity index (χ0v) is 12.1. The average molecular weight is 255 g/mol. The van der Waals surface area contributed by atoms with Gasteiger partial charge in [-0.05, 0) is 31.6 Å². The lowest BCUT2D eigenvalue weighted by Gasteiger charge is -2.15. The first-order chi connectivity index (χ1) is 8.36. The molecule has 105 valence electrons. The monoisotopic (exact) mass is 255 g/mol. The van der Waals surface area contributed by atoms with E-state index in [0.717, 1.165) is 12.8 Å². The SMILES string of the molecule is [CH2][C@@H](CC(C)C)C(=O)NCC[C@H](C)CC(=O)NC. The van der Waals surface area contributed by atoms with Crippen molar-refractivity contribution in [2.45, 2.75) is 40.0 Å². The molecular weight excluding hydrogens is 228 g/mol. The fourth-order valence-corrected chi connectivity index (χ4v) is 1.78. The molecule has 2 atom stereocenters. The Morgan fingerprint density at radius 2 is 1.83 bits per heavy atom. The molecule has 0 spiro atoms. The van der Waals surface area contributed by atoms with Gasteiger partial charge in [-0.25, -0.2) is 0 Å². The highest BCUT2D eigenvalue weighted by molar-refractivity contribution is 5.79. The van der Waals surface area contributed by atoms with E-state index in [2.05, 4.69) is 31.4 Å². The lowest BCUT2D eigenvalue weighted by molar-refractivity contribution is -0.124. The van der Waals surface area contributed by atoms with Crippen LogP contribution in [0.1, 0.15) is 40.0 Å². The molecule has 0 aromatic rings. The van der Waals surface area contributed by atoms with Crippen LogP contribution in [-0.2, 0) is 9.59 Å². The van der Waals surface area contributed by atoms with E-state index in [4.69, 9.17) is 0 Å². The summed E-state index contributed by atoms with van der Waals surface area (Å²) in [5.74, 6) is 0.628. The van der Waals surface area contributed by atoms with Crippen molar-refractivity contribution in [2.24, 2.45) is 17.8 Å². The van der Waals surface area contributed by atoms with Gasteiger partial charge in [0.25, 0.3) is 0 Å². The van der Waals surface area contributed by atoms with Crippen molar-refractivity contribution >= 4 is 11.8 Å². The molecule has 18 heavy (non-hydrogen) atoms. The summed E-state index contributed by atoms with van der Waals surface area (Å²) in [5.41, 5.74) is 0. The summed E-state index contributed by atoms with van der Waals surface area (Å²) in [7, 11) is 1.64. The van der Waals surface area contributed by atoms with Gasteiger partial charge in [-0.15, -0.1) is 0 Å². The van der Waals surface area contributed by atoms with Gasteiger partial charge >= 0.3 is 0 Å². The van der Waals surface area contributed by atoms with Crippen LogP contribution in [0.25, 0.3) is 0 Å². The van der Waals surface area contributed by atoms with Gasteiger partial charge in [-0.3, -0.25) is 9.59 Å². The molecule has 0 aliphatic heterocycles. The second-order valence-electron chi connectivity index (χ2n) is 5.39. The minimum absolute atomic E-state index is 0.0100. The van der Waals surface area contributed by atoms with E-state index in [9.17, 15) is 9.59 Å². The van der Waals surface area contributed by atoms with E-state index in [1.165, 1.54) is 0 Å². The van der Waals surface area contributed by atoms with E-state index in [0.29, 0.717) is 18.9 Å². The van der Waals surface area contributed by atoms with E-state index in [1.54, 1.807) is 7.05 Å². The highest BCUT2D eigenvalue weighted by atomic mass is 16.2. The van der Waals surface area contributed by atoms with Crippen molar-refractivity contribution in [1.82, 2.24) is 10.6 Å². The van der Waals surface area contributed by atoms with Gasteiger partial charge in [0.15, 0.2) is 0 Å². The first-order valence-electron chi connectivity index (χ1n) is 6.68. The zero-order valence-electron chi connectivity index (χ0n) is 12.1. The van der Waals surface area contributed by atoms with E-state index < -0.39 is 0 Å². The van der Waals surface area contributed by atoms with Crippen LogP contribution < -0.4 is 10.6 Å². The number of hydrogen-bond acceptors (Lipinski definition) is 2. The first-order valence-corrected chi connectivity index (χ1v) is 6.68. The van der Waals surface area contributed by atoms with Crippen LogP contribution in [0.5, 0.6) is 0 Å².